The fourth-order valence-electron chi connectivity index (χ4n) is 3.69. The molecular formula is C21H19ClN2O2. The van der Waals surface area contributed by atoms with Crippen LogP contribution in [0.2, 0.25) is 5.02 Å². The molecule has 0 aliphatic carbocycles. The van der Waals surface area contributed by atoms with E-state index in [-0.39, 0.29) is 29.0 Å². The summed E-state index contributed by atoms with van der Waals surface area (Å²) in [7, 11) is 0. The maximum absolute atomic E-state index is 12.9. The minimum Gasteiger partial charge on any atom is -0.345 e. The van der Waals surface area contributed by atoms with Gasteiger partial charge in [0.2, 0.25) is 5.43 Å². The van der Waals surface area contributed by atoms with E-state index in [0.717, 1.165) is 23.1 Å². The largest absolute Gasteiger partial charge is 0.345 e. The molecular weight excluding hydrogens is 348 g/mol. The van der Waals surface area contributed by atoms with Gasteiger partial charge in [0.05, 0.1) is 11.6 Å². The number of hydrogen-bond acceptors (Lipinski definition) is 2. The number of nitrogens with one attached hydrogen (secondary N) is 1. The molecule has 1 aliphatic rings. The molecule has 26 heavy (non-hydrogen) atoms. The summed E-state index contributed by atoms with van der Waals surface area (Å²) in [5.74, 6) is -0.354. The summed E-state index contributed by atoms with van der Waals surface area (Å²) < 4.78 is 2.05. The van der Waals surface area contributed by atoms with Crippen LogP contribution in [-0.2, 0) is 6.42 Å². The molecule has 0 radical (unpaired) electrons. The van der Waals surface area contributed by atoms with E-state index in [4.69, 9.17) is 11.6 Å². The maximum Gasteiger partial charge on any atom is 0.257 e. The first kappa shape index (κ1) is 16.9. The Balaban J connectivity index is 1.71. The van der Waals surface area contributed by atoms with Crippen LogP contribution in [0.3, 0.4) is 0 Å². The lowest BCUT2D eigenvalue weighted by Gasteiger charge is -2.16. The number of carbonyl (C=O) groups is 1. The molecule has 1 aromatic heterocycles. The molecule has 0 saturated heterocycles. The van der Waals surface area contributed by atoms with E-state index in [1.165, 1.54) is 0 Å². The highest BCUT2D eigenvalue weighted by atomic mass is 35.5. The maximum atomic E-state index is 12.9. The van der Waals surface area contributed by atoms with Crippen LogP contribution < -0.4 is 10.7 Å². The topological polar surface area (TPSA) is 51.1 Å². The molecule has 0 fully saturated rings. The molecule has 1 amide bonds. The Hall–Kier alpha value is -2.59. The Morgan fingerprint density at radius 2 is 1.96 bits per heavy atom. The van der Waals surface area contributed by atoms with Crippen molar-refractivity contribution < 1.29 is 4.79 Å². The van der Waals surface area contributed by atoms with Crippen LogP contribution in [0.15, 0.2) is 53.5 Å². The third-order valence-corrected chi connectivity index (χ3v) is 5.34. The van der Waals surface area contributed by atoms with Crippen molar-refractivity contribution in [2.75, 3.05) is 0 Å². The number of pyridine rings is 1. The molecule has 1 N–H and O–H groups in total. The van der Waals surface area contributed by atoms with Crippen LogP contribution in [0.25, 0.3) is 10.9 Å². The highest BCUT2D eigenvalue weighted by Crippen LogP contribution is 2.31. The number of carbonyl (C=O) groups excluding carboxylic acids is 1. The van der Waals surface area contributed by atoms with Crippen LogP contribution in [0.1, 0.15) is 47.4 Å². The minimum absolute atomic E-state index is 0.184. The van der Waals surface area contributed by atoms with Gasteiger partial charge in [-0.15, -0.1) is 0 Å². The van der Waals surface area contributed by atoms with Crippen molar-refractivity contribution in [3.63, 3.8) is 0 Å². The van der Waals surface area contributed by atoms with Gasteiger partial charge in [0.15, 0.2) is 0 Å². The van der Waals surface area contributed by atoms with Gasteiger partial charge < -0.3 is 9.88 Å². The second kappa shape index (κ2) is 6.29. The molecule has 2 atom stereocenters. The Morgan fingerprint density at radius 3 is 2.69 bits per heavy atom. The van der Waals surface area contributed by atoms with Crippen molar-refractivity contribution in [3.8, 4) is 0 Å². The average molecular weight is 367 g/mol. The van der Waals surface area contributed by atoms with Gasteiger partial charge in [-0.2, -0.15) is 0 Å². The lowest BCUT2D eigenvalue weighted by molar-refractivity contribution is 0.0938. The SMILES string of the molecule is C[C@@H](NC(=O)c1cn2c3c(cccc3c1=O)C[C@@H]2C)c1ccc(Cl)cc1. The minimum atomic E-state index is -0.354. The van der Waals surface area contributed by atoms with Crippen LogP contribution in [-0.4, -0.2) is 10.5 Å². The van der Waals surface area contributed by atoms with Gasteiger partial charge in [0.1, 0.15) is 5.56 Å². The van der Waals surface area contributed by atoms with E-state index in [1.54, 1.807) is 24.4 Å². The normalized spacial score (nSPS) is 16.7. The third-order valence-electron chi connectivity index (χ3n) is 5.09. The van der Waals surface area contributed by atoms with Gasteiger partial charge in [-0.05, 0) is 49.6 Å². The zero-order valence-corrected chi connectivity index (χ0v) is 15.4. The number of halogens is 1. The van der Waals surface area contributed by atoms with Gasteiger partial charge in [-0.3, -0.25) is 9.59 Å². The molecule has 5 heteroatoms. The summed E-state index contributed by atoms with van der Waals surface area (Å²) in [6, 6.07) is 13.1. The first-order valence-electron chi connectivity index (χ1n) is 8.69. The molecule has 2 heterocycles. The number of aromatic nitrogens is 1. The van der Waals surface area contributed by atoms with E-state index in [1.807, 2.05) is 35.8 Å². The number of hydrogen-bond donors (Lipinski definition) is 1. The van der Waals surface area contributed by atoms with Crippen molar-refractivity contribution >= 4 is 28.4 Å². The van der Waals surface area contributed by atoms with Crippen molar-refractivity contribution in [1.29, 1.82) is 0 Å². The Labute approximate surface area is 156 Å². The van der Waals surface area contributed by atoms with E-state index in [9.17, 15) is 9.59 Å². The molecule has 1 aliphatic heterocycles. The number of para-hydroxylation sites is 1. The highest BCUT2D eigenvalue weighted by Gasteiger charge is 2.24. The summed E-state index contributed by atoms with van der Waals surface area (Å²) in [4.78, 5) is 25.7. The predicted molar refractivity (Wildman–Crippen MR) is 104 cm³/mol. The molecule has 3 aromatic rings. The fourth-order valence-corrected chi connectivity index (χ4v) is 3.81. The average Bonchev–Trinajstić information content (AvgIpc) is 2.94. The lowest BCUT2D eigenvalue weighted by Crippen LogP contribution is -2.31. The van der Waals surface area contributed by atoms with Gasteiger partial charge in [-0.25, -0.2) is 0 Å². The lowest BCUT2D eigenvalue weighted by atomic mass is 10.1. The Bertz CT molecular complexity index is 1070. The standard InChI is InChI=1S/C21H19ClN2O2/c1-12-10-15-4-3-5-17-19(15)24(12)11-18(20(17)25)21(26)23-13(2)14-6-8-16(22)9-7-14/h3-9,11-13H,10H2,1-2H3,(H,23,26)/t12-,13+/m0/s1. The van der Waals surface area contributed by atoms with E-state index in [2.05, 4.69) is 12.2 Å². The quantitative estimate of drug-likeness (QED) is 0.752. The van der Waals surface area contributed by atoms with Crippen molar-refractivity contribution in [1.82, 2.24) is 9.88 Å². The molecule has 132 valence electrons. The van der Waals surface area contributed by atoms with E-state index >= 15 is 0 Å². The summed E-state index contributed by atoms with van der Waals surface area (Å²) in [5, 5.41) is 4.18. The monoisotopic (exact) mass is 366 g/mol. The first-order valence-corrected chi connectivity index (χ1v) is 9.06. The first-order chi connectivity index (χ1) is 12.5. The van der Waals surface area contributed by atoms with Crippen LogP contribution in [0.4, 0.5) is 0 Å². The smallest absolute Gasteiger partial charge is 0.257 e. The zero-order chi connectivity index (χ0) is 18.4. The van der Waals surface area contributed by atoms with E-state index in [0.29, 0.717) is 10.4 Å². The summed E-state index contributed by atoms with van der Waals surface area (Å²) >= 11 is 5.91. The molecule has 4 rings (SSSR count). The zero-order valence-electron chi connectivity index (χ0n) is 14.6. The van der Waals surface area contributed by atoms with Crippen LogP contribution in [0, 0.1) is 0 Å². The highest BCUT2D eigenvalue weighted by molar-refractivity contribution is 6.30. The van der Waals surface area contributed by atoms with Crippen molar-refractivity contribution in [2.24, 2.45) is 0 Å². The molecule has 0 unspecified atom stereocenters. The number of nitrogens with zero attached hydrogens (tertiary/aromatic N) is 1. The van der Waals surface area contributed by atoms with Gasteiger partial charge in [0, 0.05) is 22.6 Å². The third kappa shape index (κ3) is 2.71. The van der Waals surface area contributed by atoms with Crippen molar-refractivity contribution in [3.05, 3.63) is 80.6 Å². The summed E-state index contributed by atoms with van der Waals surface area (Å²) in [6.07, 6.45) is 2.58. The van der Waals surface area contributed by atoms with E-state index < -0.39 is 0 Å². The molecule has 2 aromatic carbocycles. The van der Waals surface area contributed by atoms with Gasteiger partial charge in [-0.1, -0.05) is 35.9 Å². The fraction of sp³-hybridized carbons (Fsp3) is 0.238. The van der Waals surface area contributed by atoms with Gasteiger partial charge >= 0.3 is 0 Å². The second-order valence-electron chi connectivity index (χ2n) is 6.89. The summed E-state index contributed by atoms with van der Waals surface area (Å²) in [5.41, 5.74) is 3.02. The molecule has 0 saturated carbocycles. The number of rotatable bonds is 3. The Morgan fingerprint density at radius 1 is 1.23 bits per heavy atom. The number of benzene rings is 2. The number of amides is 1. The molecule has 0 bridgehead atoms. The molecule has 4 nitrogen and oxygen atoms in total. The van der Waals surface area contributed by atoms with Gasteiger partial charge in [0.25, 0.3) is 5.91 Å². The molecule has 0 spiro atoms. The predicted octanol–water partition coefficient (Wildman–Crippen LogP) is 4.26. The van der Waals surface area contributed by atoms with Crippen LogP contribution >= 0.6 is 11.6 Å². The van der Waals surface area contributed by atoms with Crippen LogP contribution in [0.5, 0.6) is 0 Å². The van der Waals surface area contributed by atoms with Crippen molar-refractivity contribution in [2.45, 2.75) is 32.4 Å². The second-order valence-corrected chi connectivity index (χ2v) is 7.33. The Kier molecular flexibility index (Phi) is 4.08. The summed E-state index contributed by atoms with van der Waals surface area (Å²) in [6.45, 7) is 3.99.